The number of aliphatic hydroxyl groups is 1. The highest BCUT2D eigenvalue weighted by Crippen LogP contribution is 2.45. The first-order chi connectivity index (χ1) is 44.1. The SMILES string of the molecule is CCC(C)CCCCCCCCCCC(=O)O[C@H](COC(=O)CCCCCCCCCC(C)C)COP(=O)(O)OCC(O)COP(=O)(O)OC[C@@H](COC(=O)CCCCCCCCCCCCCCCCC(C)C)OC(=O)CCCCCCCCCCCCC(C)C. The van der Waals surface area contributed by atoms with Gasteiger partial charge in [-0.2, -0.15) is 0 Å². The van der Waals surface area contributed by atoms with Crippen LogP contribution in [0.4, 0.5) is 0 Å². The first-order valence-electron chi connectivity index (χ1n) is 37.7. The van der Waals surface area contributed by atoms with Gasteiger partial charge >= 0.3 is 39.5 Å². The number of aliphatic hydroxyl groups excluding tert-OH is 1. The molecule has 0 saturated heterocycles. The summed E-state index contributed by atoms with van der Waals surface area (Å²) in [5.41, 5.74) is 0. The van der Waals surface area contributed by atoms with Crippen molar-refractivity contribution in [3.05, 3.63) is 0 Å². The molecular weight excluding hydrogens is 1210 g/mol. The molecular formula is C73H142O17P2. The first kappa shape index (κ1) is 90.1. The van der Waals surface area contributed by atoms with Crippen molar-refractivity contribution in [2.45, 2.75) is 382 Å². The van der Waals surface area contributed by atoms with Gasteiger partial charge in [-0.3, -0.25) is 37.3 Å². The van der Waals surface area contributed by atoms with E-state index in [2.05, 4.69) is 55.4 Å². The molecule has 4 unspecified atom stereocenters. The summed E-state index contributed by atoms with van der Waals surface area (Å²) < 4.78 is 68.4. The number of carbonyl (C=O) groups excluding carboxylic acids is 4. The Morgan fingerprint density at radius 2 is 0.522 bits per heavy atom. The molecule has 0 aromatic rings. The van der Waals surface area contributed by atoms with Gasteiger partial charge in [0.15, 0.2) is 12.2 Å². The van der Waals surface area contributed by atoms with Crippen LogP contribution in [0.2, 0.25) is 0 Å². The molecule has 19 heteroatoms. The zero-order valence-electron chi connectivity index (χ0n) is 60.2. The van der Waals surface area contributed by atoms with Crippen molar-refractivity contribution in [3.63, 3.8) is 0 Å². The second-order valence-corrected chi connectivity index (χ2v) is 30.9. The predicted molar refractivity (Wildman–Crippen MR) is 372 cm³/mol. The van der Waals surface area contributed by atoms with Crippen LogP contribution in [0.1, 0.15) is 364 Å². The molecule has 0 radical (unpaired) electrons. The maximum Gasteiger partial charge on any atom is 0.472 e. The number of ether oxygens (including phenoxy) is 4. The van der Waals surface area contributed by atoms with Crippen LogP contribution in [0.5, 0.6) is 0 Å². The van der Waals surface area contributed by atoms with Gasteiger partial charge in [0.25, 0.3) is 0 Å². The normalized spacial score (nSPS) is 14.5. The second-order valence-electron chi connectivity index (χ2n) is 28.0. The number of phosphoric ester groups is 2. The van der Waals surface area contributed by atoms with Crippen molar-refractivity contribution in [1.82, 2.24) is 0 Å². The molecule has 0 fully saturated rings. The Hall–Kier alpha value is -1.94. The van der Waals surface area contributed by atoms with E-state index in [1.54, 1.807) is 0 Å². The number of phosphoric acid groups is 2. The lowest BCUT2D eigenvalue weighted by Gasteiger charge is -2.21. The molecule has 0 saturated carbocycles. The van der Waals surface area contributed by atoms with E-state index in [0.29, 0.717) is 31.6 Å². The molecule has 17 nitrogen and oxygen atoms in total. The van der Waals surface area contributed by atoms with Crippen LogP contribution in [0.15, 0.2) is 0 Å². The van der Waals surface area contributed by atoms with Gasteiger partial charge in [0, 0.05) is 25.7 Å². The number of carbonyl (C=O) groups is 4. The van der Waals surface area contributed by atoms with Crippen molar-refractivity contribution < 1.29 is 80.2 Å². The fourth-order valence-corrected chi connectivity index (χ4v) is 12.6. The van der Waals surface area contributed by atoms with Crippen LogP contribution in [0.3, 0.4) is 0 Å². The number of esters is 4. The molecule has 0 bridgehead atoms. The molecule has 0 heterocycles. The Morgan fingerprint density at radius 1 is 0.304 bits per heavy atom. The van der Waals surface area contributed by atoms with Crippen molar-refractivity contribution in [3.8, 4) is 0 Å². The van der Waals surface area contributed by atoms with Crippen LogP contribution in [-0.2, 0) is 65.4 Å². The van der Waals surface area contributed by atoms with Gasteiger partial charge in [-0.15, -0.1) is 0 Å². The van der Waals surface area contributed by atoms with Gasteiger partial charge in [-0.05, 0) is 49.4 Å². The van der Waals surface area contributed by atoms with Gasteiger partial charge in [0.2, 0.25) is 0 Å². The molecule has 92 heavy (non-hydrogen) atoms. The Bertz CT molecular complexity index is 1820. The van der Waals surface area contributed by atoms with Crippen molar-refractivity contribution in [1.29, 1.82) is 0 Å². The molecule has 0 aliphatic heterocycles. The average Bonchev–Trinajstić information content (AvgIpc) is 2.50. The lowest BCUT2D eigenvalue weighted by molar-refractivity contribution is -0.161. The molecule has 0 rings (SSSR count). The number of rotatable bonds is 70. The van der Waals surface area contributed by atoms with E-state index in [1.165, 1.54) is 161 Å². The minimum atomic E-state index is -4.96. The minimum absolute atomic E-state index is 0.104. The van der Waals surface area contributed by atoms with Crippen molar-refractivity contribution >= 4 is 39.5 Å². The van der Waals surface area contributed by atoms with Gasteiger partial charge < -0.3 is 33.8 Å². The summed E-state index contributed by atoms with van der Waals surface area (Å²) in [6.45, 7) is 14.1. The zero-order chi connectivity index (χ0) is 68.2. The van der Waals surface area contributed by atoms with Crippen molar-refractivity contribution in [2.75, 3.05) is 39.6 Å². The number of unbranched alkanes of at least 4 members (excludes halogenated alkanes) is 35. The average molecular weight is 1350 g/mol. The van der Waals surface area contributed by atoms with E-state index >= 15 is 0 Å². The van der Waals surface area contributed by atoms with E-state index in [9.17, 15) is 43.2 Å². The monoisotopic (exact) mass is 1350 g/mol. The maximum absolute atomic E-state index is 13.1. The van der Waals surface area contributed by atoms with E-state index in [4.69, 9.17) is 37.0 Å². The summed E-state index contributed by atoms with van der Waals surface area (Å²) in [6.07, 6.45) is 45.8. The standard InChI is InChI=1S/C73H142O17P2/c1-9-66(8)52-44-36-28-22-23-31-40-48-56-73(78)90-69(60-84-71(76)54-46-38-32-24-27-35-43-51-65(6)7)62-88-92(81,82)86-58-67(74)57-85-91(79,80)87-61-68(89-72(77)55-47-39-30-21-17-16-19-26-34-42-50-64(4)5)59-83-70(75)53-45-37-29-20-15-13-11-10-12-14-18-25-33-41-49-63(2)3/h63-69,74H,9-62H2,1-8H3,(H,79,80)(H,81,82)/t66?,67?,68-,69-/m1/s1. The Balaban J connectivity index is 5.24. The topological polar surface area (TPSA) is 237 Å². The summed E-state index contributed by atoms with van der Waals surface area (Å²) in [5, 5.41) is 10.6. The molecule has 0 spiro atoms. The van der Waals surface area contributed by atoms with E-state index < -0.39 is 97.5 Å². The molecule has 0 aromatic heterocycles. The van der Waals surface area contributed by atoms with E-state index in [-0.39, 0.29) is 25.7 Å². The summed E-state index contributed by atoms with van der Waals surface area (Å²) in [6, 6.07) is 0. The summed E-state index contributed by atoms with van der Waals surface area (Å²) in [7, 11) is -9.91. The second kappa shape index (κ2) is 62.6. The highest BCUT2D eigenvalue weighted by Gasteiger charge is 2.30. The lowest BCUT2D eigenvalue weighted by Crippen LogP contribution is -2.30. The first-order valence-corrected chi connectivity index (χ1v) is 40.7. The highest BCUT2D eigenvalue weighted by atomic mass is 31.2. The quantitative estimate of drug-likeness (QED) is 0.0222. The third-order valence-corrected chi connectivity index (χ3v) is 19.1. The van der Waals surface area contributed by atoms with Crippen molar-refractivity contribution in [2.24, 2.45) is 23.7 Å². The van der Waals surface area contributed by atoms with Gasteiger partial charge in [-0.1, -0.05) is 312 Å². The fraction of sp³-hybridized carbons (Fsp3) is 0.945. The number of hydrogen-bond acceptors (Lipinski definition) is 15. The lowest BCUT2D eigenvalue weighted by atomic mass is 9.99. The van der Waals surface area contributed by atoms with Gasteiger partial charge in [0.05, 0.1) is 26.4 Å². The van der Waals surface area contributed by atoms with Crippen LogP contribution < -0.4 is 0 Å². The van der Waals surface area contributed by atoms with Crippen LogP contribution in [0, 0.1) is 23.7 Å². The third kappa shape index (κ3) is 65.4. The minimum Gasteiger partial charge on any atom is -0.462 e. The number of hydrogen-bond donors (Lipinski definition) is 3. The zero-order valence-corrected chi connectivity index (χ0v) is 62.0. The fourth-order valence-electron chi connectivity index (χ4n) is 11.0. The van der Waals surface area contributed by atoms with Gasteiger partial charge in [-0.25, -0.2) is 9.13 Å². The molecule has 0 aliphatic carbocycles. The third-order valence-electron chi connectivity index (χ3n) is 17.2. The predicted octanol–water partition coefficient (Wildman–Crippen LogP) is 20.9. The van der Waals surface area contributed by atoms with Crippen LogP contribution >= 0.6 is 15.6 Å². The van der Waals surface area contributed by atoms with Gasteiger partial charge in [0.1, 0.15) is 19.3 Å². The smallest absolute Gasteiger partial charge is 0.462 e. The van der Waals surface area contributed by atoms with Crippen LogP contribution in [-0.4, -0.2) is 96.7 Å². The molecule has 546 valence electrons. The van der Waals surface area contributed by atoms with Crippen LogP contribution in [0.25, 0.3) is 0 Å². The Labute approximate surface area is 562 Å². The highest BCUT2D eigenvalue weighted by molar-refractivity contribution is 7.47. The summed E-state index contributed by atoms with van der Waals surface area (Å²) in [5.74, 6) is 0.899. The molecule has 0 aliphatic rings. The largest absolute Gasteiger partial charge is 0.472 e. The molecule has 6 atom stereocenters. The Morgan fingerprint density at radius 3 is 0.772 bits per heavy atom. The van der Waals surface area contributed by atoms with E-state index in [0.717, 1.165) is 114 Å². The summed E-state index contributed by atoms with van der Waals surface area (Å²) >= 11 is 0. The maximum atomic E-state index is 13.1. The molecule has 0 amide bonds. The summed E-state index contributed by atoms with van der Waals surface area (Å²) in [4.78, 5) is 72.7. The molecule has 3 N–H and O–H groups in total. The Kier molecular flexibility index (Phi) is 61.3. The van der Waals surface area contributed by atoms with E-state index in [1.807, 2.05) is 0 Å². The molecule has 0 aromatic carbocycles.